The summed E-state index contributed by atoms with van der Waals surface area (Å²) in [7, 11) is 3.53. The number of methoxy groups -OCH3 is 1. The van der Waals surface area contributed by atoms with Crippen LogP contribution in [0.25, 0.3) is 0 Å². The Kier molecular flexibility index (Phi) is 9.93. The molecule has 0 radical (unpaired) electrons. The number of nitrogens with zero attached hydrogens (tertiary/aromatic N) is 3. The third-order valence-electron chi connectivity index (χ3n) is 5.82. The summed E-state index contributed by atoms with van der Waals surface area (Å²) in [6.45, 7) is 4.41. The Balaban J connectivity index is 1.81. The minimum atomic E-state index is -0.202. The molecule has 1 aromatic heterocycles. The number of rotatable bonds is 13. The average molecular weight is 478 g/mol. The van der Waals surface area contributed by atoms with E-state index in [-0.39, 0.29) is 18.4 Å². The lowest BCUT2D eigenvalue weighted by Gasteiger charge is -2.28. The van der Waals surface area contributed by atoms with Crippen LogP contribution in [0, 0.1) is 0 Å². The fraction of sp³-hybridized carbons (Fsp3) is 0.357. The van der Waals surface area contributed by atoms with Gasteiger partial charge in [-0.15, -0.1) is 0 Å². The third-order valence-corrected chi connectivity index (χ3v) is 5.82. The van der Waals surface area contributed by atoms with Crippen molar-refractivity contribution in [3.05, 3.63) is 89.7 Å². The van der Waals surface area contributed by atoms with Crippen molar-refractivity contribution in [3.63, 3.8) is 0 Å². The quantitative estimate of drug-likeness (QED) is 0.347. The summed E-state index contributed by atoms with van der Waals surface area (Å²) in [6, 6.07) is 20.9. The van der Waals surface area contributed by atoms with Gasteiger partial charge in [0.25, 0.3) is 5.91 Å². The van der Waals surface area contributed by atoms with E-state index in [0.717, 1.165) is 11.3 Å². The minimum absolute atomic E-state index is 0.0145. The molecular weight excluding hydrogens is 442 g/mol. The van der Waals surface area contributed by atoms with E-state index in [9.17, 15) is 9.59 Å². The number of ether oxygens (including phenoxy) is 2. The highest BCUT2D eigenvalue weighted by atomic mass is 16.5. The summed E-state index contributed by atoms with van der Waals surface area (Å²) in [5.74, 6) is 0.292. The fourth-order valence-corrected chi connectivity index (χ4v) is 3.85. The third kappa shape index (κ3) is 7.72. The Morgan fingerprint density at radius 2 is 1.74 bits per heavy atom. The molecular formula is C28H35N3O4. The number of hydrogen-bond acceptors (Lipinski definition) is 4. The van der Waals surface area contributed by atoms with E-state index in [0.29, 0.717) is 50.6 Å². The number of aromatic nitrogens is 1. The van der Waals surface area contributed by atoms with E-state index < -0.39 is 0 Å². The number of amides is 2. The van der Waals surface area contributed by atoms with Gasteiger partial charge in [0, 0.05) is 50.8 Å². The van der Waals surface area contributed by atoms with Crippen LogP contribution in [0.4, 0.5) is 0 Å². The van der Waals surface area contributed by atoms with Crippen LogP contribution in [0.3, 0.4) is 0 Å². The van der Waals surface area contributed by atoms with Crippen molar-refractivity contribution in [2.75, 3.05) is 33.4 Å². The molecule has 0 saturated heterocycles. The molecule has 35 heavy (non-hydrogen) atoms. The number of aryl methyl sites for hydroxylation is 1. The van der Waals surface area contributed by atoms with E-state index in [1.54, 1.807) is 41.2 Å². The molecule has 0 fully saturated rings. The van der Waals surface area contributed by atoms with E-state index >= 15 is 0 Å². The largest absolute Gasteiger partial charge is 0.497 e. The predicted molar refractivity (Wildman–Crippen MR) is 136 cm³/mol. The lowest BCUT2D eigenvalue weighted by Crippen LogP contribution is -2.43. The summed E-state index contributed by atoms with van der Waals surface area (Å²) in [5, 5.41) is 0. The maximum Gasteiger partial charge on any atom is 0.254 e. The lowest BCUT2D eigenvalue weighted by molar-refractivity contribution is -0.133. The van der Waals surface area contributed by atoms with Gasteiger partial charge in [-0.05, 0) is 49.2 Å². The monoisotopic (exact) mass is 477 g/mol. The van der Waals surface area contributed by atoms with Crippen LogP contribution >= 0.6 is 0 Å². The van der Waals surface area contributed by atoms with Crippen molar-refractivity contribution in [3.8, 4) is 5.75 Å². The molecule has 7 heteroatoms. The zero-order chi connectivity index (χ0) is 25.0. The van der Waals surface area contributed by atoms with E-state index in [4.69, 9.17) is 9.47 Å². The first-order valence-corrected chi connectivity index (χ1v) is 11.9. The van der Waals surface area contributed by atoms with Gasteiger partial charge in [-0.2, -0.15) is 0 Å². The van der Waals surface area contributed by atoms with Gasteiger partial charge in [0.15, 0.2) is 0 Å². The summed E-state index contributed by atoms with van der Waals surface area (Å²) in [4.78, 5) is 30.4. The van der Waals surface area contributed by atoms with Crippen LogP contribution in [0.5, 0.6) is 5.75 Å². The molecule has 2 amide bonds. The molecule has 0 aliphatic rings. The van der Waals surface area contributed by atoms with Crippen LogP contribution in [0.2, 0.25) is 0 Å². The van der Waals surface area contributed by atoms with Crippen molar-refractivity contribution >= 4 is 11.8 Å². The second-order valence-corrected chi connectivity index (χ2v) is 8.35. The standard InChI is InChI=1S/C28H35N3O4/c1-4-35-18-10-17-30(28(33)24-13-8-15-26(19-24)34-3)22-27(32)31(20-23-11-6-5-7-12-23)21-25-14-9-16-29(25)2/h5-9,11-16,19H,4,10,17-18,20-22H2,1-3H3. The van der Waals surface area contributed by atoms with E-state index in [1.165, 1.54) is 0 Å². The second kappa shape index (κ2) is 13.3. The Hall–Kier alpha value is -3.58. The minimum Gasteiger partial charge on any atom is -0.497 e. The molecule has 0 aliphatic heterocycles. The molecule has 3 aromatic rings. The van der Waals surface area contributed by atoms with E-state index in [2.05, 4.69) is 0 Å². The average Bonchev–Trinajstić information content (AvgIpc) is 3.29. The first kappa shape index (κ1) is 26.0. The molecule has 0 atom stereocenters. The van der Waals surface area contributed by atoms with Crippen molar-refractivity contribution in [2.24, 2.45) is 7.05 Å². The molecule has 0 bridgehead atoms. The van der Waals surface area contributed by atoms with Gasteiger partial charge in [-0.1, -0.05) is 36.4 Å². The maximum atomic E-state index is 13.6. The van der Waals surface area contributed by atoms with Gasteiger partial charge in [0.1, 0.15) is 12.3 Å². The van der Waals surface area contributed by atoms with Gasteiger partial charge >= 0.3 is 0 Å². The summed E-state index contributed by atoms with van der Waals surface area (Å²) < 4.78 is 12.8. The fourth-order valence-electron chi connectivity index (χ4n) is 3.85. The van der Waals surface area contributed by atoms with Gasteiger partial charge in [0.05, 0.1) is 13.7 Å². The topological polar surface area (TPSA) is 64.0 Å². The Morgan fingerprint density at radius 1 is 0.943 bits per heavy atom. The van der Waals surface area contributed by atoms with Crippen molar-refractivity contribution < 1.29 is 19.1 Å². The molecule has 0 saturated carbocycles. The van der Waals surface area contributed by atoms with E-state index in [1.807, 2.05) is 67.2 Å². The van der Waals surface area contributed by atoms with Gasteiger partial charge in [-0.3, -0.25) is 9.59 Å². The maximum absolute atomic E-state index is 13.6. The van der Waals surface area contributed by atoms with Crippen LogP contribution in [0.1, 0.15) is 35.0 Å². The first-order chi connectivity index (χ1) is 17.0. The normalized spacial score (nSPS) is 10.7. The first-order valence-electron chi connectivity index (χ1n) is 11.9. The van der Waals surface area contributed by atoms with Crippen LogP contribution < -0.4 is 4.74 Å². The molecule has 2 aromatic carbocycles. The molecule has 0 N–H and O–H groups in total. The summed E-state index contributed by atoms with van der Waals surface area (Å²) >= 11 is 0. The number of hydrogen-bond donors (Lipinski definition) is 0. The van der Waals surface area contributed by atoms with Crippen LogP contribution in [0.15, 0.2) is 72.9 Å². The van der Waals surface area contributed by atoms with Gasteiger partial charge in [0.2, 0.25) is 5.91 Å². The number of carbonyl (C=O) groups is 2. The zero-order valence-corrected chi connectivity index (χ0v) is 20.9. The molecule has 1 heterocycles. The van der Waals surface area contributed by atoms with Crippen LogP contribution in [-0.4, -0.2) is 59.6 Å². The SMILES string of the molecule is CCOCCCN(CC(=O)N(Cc1ccccc1)Cc1cccn1C)C(=O)c1cccc(OC)c1. The number of carbonyl (C=O) groups excluding carboxylic acids is 2. The lowest BCUT2D eigenvalue weighted by atomic mass is 10.1. The van der Waals surface area contributed by atoms with Crippen molar-refractivity contribution in [1.82, 2.24) is 14.4 Å². The number of benzene rings is 2. The molecule has 7 nitrogen and oxygen atoms in total. The highest BCUT2D eigenvalue weighted by Gasteiger charge is 2.23. The predicted octanol–water partition coefficient (Wildman–Crippen LogP) is 4.13. The Morgan fingerprint density at radius 3 is 2.43 bits per heavy atom. The summed E-state index contributed by atoms with van der Waals surface area (Å²) in [6.07, 6.45) is 2.61. The van der Waals surface area contributed by atoms with Crippen molar-refractivity contribution in [1.29, 1.82) is 0 Å². The highest BCUT2D eigenvalue weighted by Crippen LogP contribution is 2.16. The summed E-state index contributed by atoms with van der Waals surface area (Å²) in [5.41, 5.74) is 2.55. The van der Waals surface area contributed by atoms with Gasteiger partial charge in [-0.25, -0.2) is 0 Å². The molecule has 186 valence electrons. The highest BCUT2D eigenvalue weighted by molar-refractivity contribution is 5.96. The molecule has 3 rings (SSSR count). The Labute approximate surface area is 207 Å². The molecule has 0 aliphatic carbocycles. The van der Waals surface area contributed by atoms with Crippen molar-refractivity contribution in [2.45, 2.75) is 26.4 Å². The second-order valence-electron chi connectivity index (χ2n) is 8.35. The molecule has 0 unspecified atom stereocenters. The van der Waals surface area contributed by atoms with Gasteiger partial charge < -0.3 is 23.8 Å². The smallest absolute Gasteiger partial charge is 0.254 e. The molecule has 0 spiro atoms. The Bertz CT molecular complexity index is 1080. The van der Waals surface area contributed by atoms with Crippen LogP contribution in [-0.2, 0) is 29.7 Å². The zero-order valence-electron chi connectivity index (χ0n) is 20.9.